The zero-order valence-electron chi connectivity index (χ0n) is 12.5. The van der Waals surface area contributed by atoms with Gasteiger partial charge in [0.15, 0.2) is 0 Å². The lowest BCUT2D eigenvalue weighted by molar-refractivity contribution is -0.146. The maximum absolute atomic E-state index is 11.9. The molecule has 1 amide bonds. The molecule has 0 rings (SSSR count). The summed E-state index contributed by atoms with van der Waals surface area (Å²) >= 11 is 0. The number of hydrogen-bond donors (Lipinski definition) is 2. The highest BCUT2D eigenvalue weighted by Gasteiger charge is 2.23. The minimum atomic E-state index is -0.992. The minimum absolute atomic E-state index is 0.0154. The van der Waals surface area contributed by atoms with Gasteiger partial charge in [-0.05, 0) is 26.7 Å². The first-order valence-corrected chi connectivity index (χ1v) is 7.06. The molecule has 0 aromatic rings. The first-order valence-electron chi connectivity index (χ1n) is 7.06. The molecule has 0 aromatic carbocycles. The summed E-state index contributed by atoms with van der Waals surface area (Å²) in [5.41, 5.74) is 0. The number of aliphatic carboxylic acids is 2. The van der Waals surface area contributed by atoms with Crippen molar-refractivity contribution in [1.29, 1.82) is 0 Å². The quantitative estimate of drug-likeness (QED) is 0.639. The third-order valence-electron chi connectivity index (χ3n) is 3.50. The number of rotatable bonds is 10. The topological polar surface area (TPSA) is 94.9 Å². The van der Waals surface area contributed by atoms with Crippen LogP contribution in [-0.2, 0) is 14.4 Å². The second-order valence-electron chi connectivity index (χ2n) is 4.98. The summed E-state index contributed by atoms with van der Waals surface area (Å²) in [5.74, 6) is -3.25. The number of carboxylic acids is 2. The van der Waals surface area contributed by atoms with Crippen molar-refractivity contribution < 1.29 is 24.6 Å². The molecular weight excluding hydrogens is 262 g/mol. The Morgan fingerprint density at radius 3 is 1.95 bits per heavy atom. The van der Waals surface area contributed by atoms with E-state index in [2.05, 4.69) is 0 Å². The molecule has 6 heteroatoms. The van der Waals surface area contributed by atoms with Crippen molar-refractivity contribution in [2.75, 3.05) is 13.1 Å². The van der Waals surface area contributed by atoms with Gasteiger partial charge in [-0.25, -0.2) is 0 Å². The van der Waals surface area contributed by atoms with Crippen molar-refractivity contribution in [3.8, 4) is 0 Å². The predicted octanol–water partition coefficient (Wildman–Crippen LogP) is 1.84. The Labute approximate surface area is 119 Å². The molecule has 0 aromatic heterocycles. The number of carbonyl (C=O) groups excluding carboxylic acids is 1. The van der Waals surface area contributed by atoms with E-state index in [9.17, 15) is 14.4 Å². The van der Waals surface area contributed by atoms with Crippen molar-refractivity contribution in [1.82, 2.24) is 4.90 Å². The molecule has 0 spiro atoms. The lowest BCUT2D eigenvalue weighted by Gasteiger charge is -2.21. The van der Waals surface area contributed by atoms with Crippen LogP contribution >= 0.6 is 0 Å². The SMILES string of the molecule is CCN(CC)C(=O)CC(CCCC(C)C(=O)O)C(=O)O. The number of carbonyl (C=O) groups is 3. The molecule has 0 saturated heterocycles. The third-order valence-corrected chi connectivity index (χ3v) is 3.50. The number of hydrogen-bond acceptors (Lipinski definition) is 3. The van der Waals surface area contributed by atoms with Crippen LogP contribution in [0.4, 0.5) is 0 Å². The van der Waals surface area contributed by atoms with E-state index in [1.54, 1.807) is 11.8 Å². The smallest absolute Gasteiger partial charge is 0.307 e. The van der Waals surface area contributed by atoms with Crippen LogP contribution in [0.1, 0.15) is 46.5 Å². The van der Waals surface area contributed by atoms with E-state index in [1.807, 2.05) is 13.8 Å². The number of amides is 1. The Morgan fingerprint density at radius 2 is 1.55 bits per heavy atom. The molecule has 0 aliphatic carbocycles. The van der Waals surface area contributed by atoms with Gasteiger partial charge in [0.1, 0.15) is 0 Å². The van der Waals surface area contributed by atoms with E-state index in [1.165, 1.54) is 0 Å². The summed E-state index contributed by atoms with van der Waals surface area (Å²) in [4.78, 5) is 35.3. The molecule has 6 nitrogen and oxygen atoms in total. The Balaban J connectivity index is 4.34. The van der Waals surface area contributed by atoms with E-state index >= 15 is 0 Å². The standard InChI is InChI=1S/C14H25NO5/c1-4-15(5-2)12(16)9-11(14(19)20)8-6-7-10(3)13(17)18/h10-11H,4-9H2,1-3H3,(H,17,18)(H,19,20). The molecule has 0 radical (unpaired) electrons. The molecule has 0 bridgehead atoms. The fourth-order valence-corrected chi connectivity index (χ4v) is 2.02. The van der Waals surface area contributed by atoms with E-state index in [4.69, 9.17) is 10.2 Å². The van der Waals surface area contributed by atoms with E-state index in [-0.39, 0.29) is 12.3 Å². The number of carboxylic acid groups (broad SMARTS) is 2. The minimum Gasteiger partial charge on any atom is -0.481 e. The average Bonchev–Trinajstić information content (AvgIpc) is 2.38. The molecule has 2 unspecified atom stereocenters. The van der Waals surface area contributed by atoms with Gasteiger partial charge in [-0.15, -0.1) is 0 Å². The fraction of sp³-hybridized carbons (Fsp3) is 0.786. The Bertz CT molecular complexity index is 338. The van der Waals surface area contributed by atoms with E-state index in [0.717, 1.165) is 0 Å². The average molecular weight is 287 g/mol. The second-order valence-corrected chi connectivity index (χ2v) is 4.98. The zero-order valence-corrected chi connectivity index (χ0v) is 12.5. The largest absolute Gasteiger partial charge is 0.481 e. The van der Waals surface area contributed by atoms with Crippen LogP contribution in [0, 0.1) is 11.8 Å². The first-order chi connectivity index (χ1) is 9.33. The molecule has 0 fully saturated rings. The van der Waals surface area contributed by atoms with Crippen molar-refractivity contribution >= 4 is 17.8 Å². The maximum Gasteiger partial charge on any atom is 0.307 e. The predicted molar refractivity (Wildman–Crippen MR) is 74.3 cm³/mol. The normalized spacial score (nSPS) is 13.6. The Morgan fingerprint density at radius 1 is 1.00 bits per heavy atom. The molecule has 116 valence electrons. The van der Waals surface area contributed by atoms with Crippen molar-refractivity contribution in [2.45, 2.75) is 46.5 Å². The zero-order chi connectivity index (χ0) is 15.7. The Hall–Kier alpha value is -1.59. The summed E-state index contributed by atoms with van der Waals surface area (Å²) in [7, 11) is 0. The van der Waals surface area contributed by atoms with Gasteiger partial charge in [-0.3, -0.25) is 14.4 Å². The molecule has 2 N–H and O–H groups in total. The highest BCUT2D eigenvalue weighted by atomic mass is 16.4. The maximum atomic E-state index is 11.9. The van der Waals surface area contributed by atoms with Crippen LogP contribution in [0.5, 0.6) is 0 Å². The van der Waals surface area contributed by atoms with Crippen molar-refractivity contribution in [3.63, 3.8) is 0 Å². The molecule has 0 aliphatic heterocycles. The second kappa shape index (κ2) is 9.34. The molecule has 0 heterocycles. The van der Waals surface area contributed by atoms with Crippen LogP contribution in [0.3, 0.4) is 0 Å². The van der Waals surface area contributed by atoms with Crippen LogP contribution in [0.2, 0.25) is 0 Å². The van der Waals surface area contributed by atoms with Gasteiger partial charge < -0.3 is 15.1 Å². The lowest BCUT2D eigenvalue weighted by atomic mass is 9.94. The van der Waals surface area contributed by atoms with Gasteiger partial charge in [0.05, 0.1) is 11.8 Å². The van der Waals surface area contributed by atoms with Gasteiger partial charge in [0.25, 0.3) is 0 Å². The van der Waals surface area contributed by atoms with Gasteiger partial charge in [-0.1, -0.05) is 13.3 Å². The molecule has 2 atom stereocenters. The van der Waals surface area contributed by atoms with Gasteiger partial charge in [0, 0.05) is 19.5 Å². The molecule has 0 saturated carbocycles. The van der Waals surface area contributed by atoms with Crippen LogP contribution in [0.25, 0.3) is 0 Å². The highest BCUT2D eigenvalue weighted by molar-refractivity contribution is 5.82. The van der Waals surface area contributed by atoms with E-state index in [0.29, 0.717) is 32.4 Å². The lowest BCUT2D eigenvalue weighted by Crippen LogP contribution is -2.33. The summed E-state index contributed by atoms with van der Waals surface area (Å²) in [6.45, 7) is 6.44. The number of nitrogens with zero attached hydrogens (tertiary/aromatic N) is 1. The van der Waals surface area contributed by atoms with Crippen molar-refractivity contribution in [3.05, 3.63) is 0 Å². The van der Waals surface area contributed by atoms with Crippen LogP contribution < -0.4 is 0 Å². The van der Waals surface area contributed by atoms with Gasteiger partial charge in [0.2, 0.25) is 5.91 Å². The van der Waals surface area contributed by atoms with Crippen molar-refractivity contribution in [2.24, 2.45) is 11.8 Å². The van der Waals surface area contributed by atoms with Gasteiger partial charge in [-0.2, -0.15) is 0 Å². The van der Waals surface area contributed by atoms with Crippen LogP contribution in [0.15, 0.2) is 0 Å². The highest BCUT2D eigenvalue weighted by Crippen LogP contribution is 2.17. The monoisotopic (exact) mass is 287 g/mol. The molecule has 0 aliphatic rings. The summed E-state index contributed by atoms with van der Waals surface area (Å²) in [5, 5.41) is 17.9. The summed E-state index contributed by atoms with van der Waals surface area (Å²) in [6, 6.07) is 0. The fourth-order valence-electron chi connectivity index (χ4n) is 2.02. The van der Waals surface area contributed by atoms with E-state index < -0.39 is 23.8 Å². The van der Waals surface area contributed by atoms with Crippen LogP contribution in [-0.4, -0.2) is 46.0 Å². The summed E-state index contributed by atoms with van der Waals surface area (Å²) < 4.78 is 0. The molecule has 20 heavy (non-hydrogen) atoms. The third kappa shape index (κ3) is 6.54. The summed E-state index contributed by atoms with van der Waals surface area (Å²) in [6.07, 6.45) is 1.24. The Kier molecular flexibility index (Phi) is 8.59. The molecular formula is C14H25NO5. The first kappa shape index (κ1) is 18.4. The van der Waals surface area contributed by atoms with Gasteiger partial charge >= 0.3 is 11.9 Å².